The summed E-state index contributed by atoms with van der Waals surface area (Å²) in [6.45, 7) is 5.05. The zero-order valence-corrected chi connectivity index (χ0v) is 11.7. The number of nitrogens with zero attached hydrogens (tertiary/aromatic N) is 1. The van der Waals surface area contributed by atoms with E-state index < -0.39 is 0 Å². The fourth-order valence-corrected chi connectivity index (χ4v) is 2.64. The van der Waals surface area contributed by atoms with Crippen LogP contribution in [0.2, 0.25) is 0 Å². The maximum Gasteiger partial charge on any atom is 0.222 e. The number of carbonyl (C=O) groups excluding carboxylic acids is 3. The van der Waals surface area contributed by atoms with Gasteiger partial charge in [-0.2, -0.15) is 0 Å². The molecule has 0 radical (unpaired) electrons. The van der Waals surface area contributed by atoms with Gasteiger partial charge in [-0.3, -0.25) is 14.4 Å². The van der Waals surface area contributed by atoms with Crippen LogP contribution < -0.4 is 5.32 Å². The number of nitrogens with one attached hydrogen (secondary N) is 1. The van der Waals surface area contributed by atoms with Crippen LogP contribution in [-0.4, -0.2) is 47.2 Å². The molecule has 0 aromatic carbocycles. The monoisotopic (exact) mass is 272 g/mol. The minimum absolute atomic E-state index is 0.0431. The molecule has 2 amide bonds. The fraction of sp³-hybridized carbons (Fsp3) is 0.750. The molecule has 1 heterocycles. The van der Waals surface area contributed by atoms with Crippen molar-refractivity contribution in [2.75, 3.05) is 25.4 Å². The first-order valence-electron chi connectivity index (χ1n) is 6.14. The first-order chi connectivity index (χ1) is 8.49. The molecule has 5 nitrogen and oxygen atoms in total. The van der Waals surface area contributed by atoms with Crippen molar-refractivity contribution in [3.63, 3.8) is 0 Å². The number of carbonyl (C=O) groups is 3. The van der Waals surface area contributed by atoms with Crippen LogP contribution in [0.4, 0.5) is 0 Å². The molecule has 0 saturated carbocycles. The predicted molar refractivity (Wildman–Crippen MR) is 71.1 cm³/mol. The standard InChI is InChI=1S/C12H20N2O3S/c1-9(15)13-4-3-5-14-7-11(6-12(14)17)8-18-10(2)16/h11H,3-8H2,1-2H3,(H,13,15). The van der Waals surface area contributed by atoms with E-state index in [2.05, 4.69) is 5.32 Å². The van der Waals surface area contributed by atoms with Crippen molar-refractivity contribution >= 4 is 28.7 Å². The van der Waals surface area contributed by atoms with Gasteiger partial charge in [0.1, 0.15) is 0 Å². The van der Waals surface area contributed by atoms with Crippen LogP contribution >= 0.6 is 11.8 Å². The van der Waals surface area contributed by atoms with Crippen LogP contribution in [0.3, 0.4) is 0 Å². The molecule has 1 atom stereocenters. The molecule has 0 aromatic rings. The average molecular weight is 272 g/mol. The highest BCUT2D eigenvalue weighted by Crippen LogP contribution is 2.22. The van der Waals surface area contributed by atoms with Crippen LogP contribution in [0.1, 0.15) is 26.7 Å². The third-order valence-electron chi connectivity index (χ3n) is 2.80. The molecule has 1 aliphatic heterocycles. The second-order valence-corrected chi connectivity index (χ2v) is 5.75. The van der Waals surface area contributed by atoms with Gasteiger partial charge in [0.25, 0.3) is 0 Å². The van der Waals surface area contributed by atoms with Crippen LogP contribution in [0, 0.1) is 5.92 Å². The number of hydrogen-bond donors (Lipinski definition) is 1. The molecule has 6 heteroatoms. The third kappa shape index (κ3) is 5.53. The van der Waals surface area contributed by atoms with Crippen molar-refractivity contribution in [2.45, 2.75) is 26.7 Å². The number of likely N-dealkylation sites (tertiary alicyclic amines) is 1. The van der Waals surface area contributed by atoms with Crippen LogP contribution in [-0.2, 0) is 14.4 Å². The van der Waals surface area contributed by atoms with Crippen LogP contribution in [0.5, 0.6) is 0 Å². The lowest BCUT2D eigenvalue weighted by atomic mass is 10.1. The Morgan fingerprint density at radius 2 is 2.17 bits per heavy atom. The molecule has 0 spiro atoms. The number of amides is 2. The molecule has 1 fully saturated rings. The minimum atomic E-state index is -0.0431. The molecule has 1 unspecified atom stereocenters. The summed E-state index contributed by atoms with van der Waals surface area (Å²) in [5, 5.41) is 2.81. The Morgan fingerprint density at radius 3 is 2.78 bits per heavy atom. The van der Waals surface area contributed by atoms with E-state index in [1.165, 1.54) is 18.7 Å². The maximum atomic E-state index is 11.7. The van der Waals surface area contributed by atoms with Gasteiger partial charge >= 0.3 is 0 Å². The van der Waals surface area contributed by atoms with Crippen LogP contribution in [0.15, 0.2) is 0 Å². The Kier molecular flexibility index (Phi) is 6.18. The first-order valence-corrected chi connectivity index (χ1v) is 7.13. The van der Waals surface area contributed by atoms with Gasteiger partial charge in [-0.05, 0) is 12.3 Å². The summed E-state index contributed by atoms with van der Waals surface area (Å²) in [7, 11) is 0. The lowest BCUT2D eigenvalue weighted by molar-refractivity contribution is -0.127. The SMILES string of the molecule is CC(=O)NCCCN1CC(CSC(C)=O)CC1=O. The lowest BCUT2D eigenvalue weighted by Gasteiger charge is -2.16. The molecule has 18 heavy (non-hydrogen) atoms. The van der Waals surface area contributed by atoms with E-state index >= 15 is 0 Å². The second kappa shape index (κ2) is 7.41. The summed E-state index contributed by atoms with van der Waals surface area (Å²) in [5.74, 6) is 1.13. The molecular formula is C12H20N2O3S. The van der Waals surface area contributed by atoms with Crippen molar-refractivity contribution in [3.05, 3.63) is 0 Å². The summed E-state index contributed by atoms with van der Waals surface area (Å²) in [6.07, 6.45) is 1.32. The van der Waals surface area contributed by atoms with E-state index in [1.807, 2.05) is 4.90 Å². The van der Waals surface area contributed by atoms with E-state index in [0.29, 0.717) is 19.5 Å². The quantitative estimate of drug-likeness (QED) is 0.721. The highest BCUT2D eigenvalue weighted by atomic mass is 32.2. The molecule has 1 N–H and O–H groups in total. The van der Waals surface area contributed by atoms with Gasteiger partial charge in [-0.15, -0.1) is 0 Å². The molecule has 102 valence electrons. The Morgan fingerprint density at radius 1 is 1.44 bits per heavy atom. The topological polar surface area (TPSA) is 66.5 Å². The van der Waals surface area contributed by atoms with Gasteiger partial charge in [0.15, 0.2) is 5.12 Å². The van der Waals surface area contributed by atoms with Crippen molar-refractivity contribution in [1.82, 2.24) is 10.2 Å². The second-order valence-electron chi connectivity index (χ2n) is 4.55. The Balaban J connectivity index is 2.20. The molecule has 0 bridgehead atoms. The summed E-state index contributed by atoms with van der Waals surface area (Å²) in [4.78, 5) is 35.1. The van der Waals surface area contributed by atoms with E-state index in [-0.39, 0.29) is 22.8 Å². The van der Waals surface area contributed by atoms with Gasteiger partial charge in [-0.25, -0.2) is 0 Å². The molecular weight excluding hydrogens is 252 g/mol. The first kappa shape index (κ1) is 15.0. The van der Waals surface area contributed by atoms with Gasteiger partial charge in [0.05, 0.1) is 0 Å². The lowest BCUT2D eigenvalue weighted by Crippen LogP contribution is -2.30. The summed E-state index contributed by atoms with van der Waals surface area (Å²) >= 11 is 1.29. The number of thioether (sulfide) groups is 1. The van der Waals surface area contributed by atoms with E-state index in [9.17, 15) is 14.4 Å². The van der Waals surface area contributed by atoms with E-state index in [4.69, 9.17) is 0 Å². The number of rotatable bonds is 6. The molecule has 1 saturated heterocycles. The molecule has 0 aliphatic carbocycles. The van der Waals surface area contributed by atoms with Gasteiger partial charge in [0, 0.05) is 45.7 Å². The molecule has 1 rings (SSSR count). The minimum Gasteiger partial charge on any atom is -0.356 e. The highest BCUT2D eigenvalue weighted by Gasteiger charge is 2.29. The van der Waals surface area contributed by atoms with E-state index in [1.54, 1.807) is 6.92 Å². The summed E-state index contributed by atoms with van der Waals surface area (Å²) in [6, 6.07) is 0. The zero-order valence-electron chi connectivity index (χ0n) is 10.9. The van der Waals surface area contributed by atoms with Crippen LogP contribution in [0.25, 0.3) is 0 Å². The normalized spacial score (nSPS) is 19.1. The largest absolute Gasteiger partial charge is 0.356 e. The van der Waals surface area contributed by atoms with Gasteiger partial charge in [-0.1, -0.05) is 11.8 Å². The maximum absolute atomic E-state index is 11.7. The Hall–Kier alpha value is -1.04. The molecule has 0 aromatic heterocycles. The fourth-order valence-electron chi connectivity index (χ4n) is 1.95. The van der Waals surface area contributed by atoms with Crippen molar-refractivity contribution in [3.8, 4) is 0 Å². The van der Waals surface area contributed by atoms with Crippen molar-refractivity contribution in [2.24, 2.45) is 5.92 Å². The van der Waals surface area contributed by atoms with Crippen molar-refractivity contribution < 1.29 is 14.4 Å². The summed E-state index contributed by atoms with van der Waals surface area (Å²) < 4.78 is 0. The smallest absolute Gasteiger partial charge is 0.222 e. The summed E-state index contributed by atoms with van der Waals surface area (Å²) in [5.41, 5.74) is 0. The number of hydrogen-bond acceptors (Lipinski definition) is 4. The third-order valence-corrected chi connectivity index (χ3v) is 3.84. The van der Waals surface area contributed by atoms with E-state index in [0.717, 1.165) is 18.7 Å². The highest BCUT2D eigenvalue weighted by molar-refractivity contribution is 8.13. The molecule has 1 aliphatic rings. The van der Waals surface area contributed by atoms with Gasteiger partial charge < -0.3 is 10.2 Å². The zero-order chi connectivity index (χ0) is 13.5. The predicted octanol–water partition coefficient (Wildman–Crippen LogP) is 0.641. The Labute approximate surface area is 112 Å². The van der Waals surface area contributed by atoms with Gasteiger partial charge in [0.2, 0.25) is 11.8 Å². The average Bonchev–Trinajstić information content (AvgIpc) is 2.63. The van der Waals surface area contributed by atoms with Crippen molar-refractivity contribution in [1.29, 1.82) is 0 Å². The Bertz CT molecular complexity index is 333.